The molecular formula is C18H28F2N2O2. The van der Waals surface area contributed by atoms with Crippen molar-refractivity contribution in [1.82, 2.24) is 9.80 Å². The number of rotatable bonds is 6. The maximum atomic E-state index is 13.4. The summed E-state index contributed by atoms with van der Waals surface area (Å²) < 4.78 is 32.1. The fraction of sp³-hybridized carbons (Fsp3) is 0.667. The molecule has 1 heterocycles. The van der Waals surface area contributed by atoms with E-state index < -0.39 is 17.7 Å². The topological polar surface area (TPSA) is 35.9 Å². The highest BCUT2D eigenvalue weighted by atomic mass is 19.2. The lowest BCUT2D eigenvalue weighted by Gasteiger charge is -2.37. The van der Waals surface area contributed by atoms with Gasteiger partial charge in [-0.3, -0.25) is 9.80 Å². The standard InChI is InChI=1S/C18H28F2N2O2/c1-12-8-22(9-13(2)24-12)11-16(23)10-21(4)14(3)15-5-6-17(19)18(20)7-15/h5-7,12-14,16,23H,8-11H2,1-4H3. The third kappa shape index (κ3) is 5.21. The minimum atomic E-state index is -0.843. The largest absolute Gasteiger partial charge is 0.390 e. The predicted molar refractivity (Wildman–Crippen MR) is 89.9 cm³/mol. The van der Waals surface area contributed by atoms with E-state index in [4.69, 9.17) is 4.74 Å². The number of hydrogen-bond donors (Lipinski definition) is 1. The molecule has 1 aromatic rings. The zero-order valence-electron chi connectivity index (χ0n) is 14.9. The summed E-state index contributed by atoms with van der Waals surface area (Å²) in [5.41, 5.74) is 0.692. The lowest BCUT2D eigenvalue weighted by atomic mass is 10.1. The molecule has 1 aromatic carbocycles. The van der Waals surface area contributed by atoms with E-state index in [1.165, 1.54) is 6.07 Å². The molecule has 1 N–H and O–H groups in total. The molecule has 2 rings (SSSR count). The van der Waals surface area contributed by atoms with E-state index in [9.17, 15) is 13.9 Å². The highest BCUT2D eigenvalue weighted by Gasteiger charge is 2.25. The molecule has 1 aliphatic rings. The number of nitrogens with zero attached hydrogens (tertiary/aromatic N) is 2. The van der Waals surface area contributed by atoms with Gasteiger partial charge in [0.25, 0.3) is 0 Å². The summed E-state index contributed by atoms with van der Waals surface area (Å²) in [5, 5.41) is 10.4. The summed E-state index contributed by atoms with van der Waals surface area (Å²) in [5.74, 6) is -1.69. The van der Waals surface area contributed by atoms with Crippen LogP contribution >= 0.6 is 0 Å². The van der Waals surface area contributed by atoms with Gasteiger partial charge in [0.2, 0.25) is 0 Å². The van der Waals surface area contributed by atoms with E-state index in [-0.39, 0.29) is 18.2 Å². The normalized spacial score (nSPS) is 25.0. The SMILES string of the molecule is CC1CN(CC(O)CN(C)C(C)c2ccc(F)c(F)c2)CC(C)O1. The summed E-state index contributed by atoms with van der Waals surface area (Å²) in [6.45, 7) is 8.64. The molecule has 24 heavy (non-hydrogen) atoms. The van der Waals surface area contributed by atoms with Crippen LogP contribution in [0.3, 0.4) is 0 Å². The molecule has 136 valence electrons. The molecule has 0 saturated carbocycles. The first-order valence-electron chi connectivity index (χ1n) is 8.47. The van der Waals surface area contributed by atoms with Gasteiger partial charge >= 0.3 is 0 Å². The highest BCUT2D eigenvalue weighted by Crippen LogP contribution is 2.21. The monoisotopic (exact) mass is 342 g/mol. The lowest BCUT2D eigenvalue weighted by molar-refractivity contribution is -0.0781. The molecule has 0 radical (unpaired) electrons. The predicted octanol–water partition coefficient (Wildman–Crippen LogP) is 2.43. The van der Waals surface area contributed by atoms with Crippen LogP contribution in [-0.4, -0.2) is 66.4 Å². The molecule has 0 bridgehead atoms. The van der Waals surface area contributed by atoms with Gasteiger partial charge in [0.15, 0.2) is 11.6 Å². The van der Waals surface area contributed by atoms with Crippen molar-refractivity contribution < 1.29 is 18.6 Å². The molecule has 4 atom stereocenters. The van der Waals surface area contributed by atoms with Crippen molar-refractivity contribution in [3.63, 3.8) is 0 Å². The zero-order valence-corrected chi connectivity index (χ0v) is 14.9. The first-order chi connectivity index (χ1) is 11.3. The Morgan fingerprint density at radius 2 is 1.88 bits per heavy atom. The average Bonchev–Trinajstić information content (AvgIpc) is 2.48. The van der Waals surface area contributed by atoms with Gasteiger partial charge in [-0.15, -0.1) is 0 Å². The second-order valence-corrected chi connectivity index (χ2v) is 6.92. The Morgan fingerprint density at radius 3 is 2.46 bits per heavy atom. The van der Waals surface area contributed by atoms with Gasteiger partial charge in [0.05, 0.1) is 18.3 Å². The quantitative estimate of drug-likeness (QED) is 0.861. The Labute approximate surface area is 143 Å². The van der Waals surface area contributed by atoms with Crippen LogP contribution in [0.5, 0.6) is 0 Å². The fourth-order valence-corrected chi connectivity index (χ4v) is 3.31. The van der Waals surface area contributed by atoms with E-state index in [1.54, 1.807) is 6.07 Å². The van der Waals surface area contributed by atoms with E-state index in [0.717, 1.165) is 19.2 Å². The Balaban J connectivity index is 1.88. The second-order valence-electron chi connectivity index (χ2n) is 6.92. The van der Waals surface area contributed by atoms with E-state index in [0.29, 0.717) is 18.7 Å². The Bertz CT molecular complexity index is 534. The third-order valence-electron chi connectivity index (χ3n) is 4.55. The van der Waals surface area contributed by atoms with Gasteiger partial charge in [-0.2, -0.15) is 0 Å². The molecule has 0 amide bonds. The van der Waals surface area contributed by atoms with Crippen LogP contribution in [0, 0.1) is 11.6 Å². The zero-order chi connectivity index (χ0) is 17.9. The summed E-state index contributed by atoms with van der Waals surface area (Å²) >= 11 is 0. The van der Waals surface area contributed by atoms with Crippen molar-refractivity contribution in [1.29, 1.82) is 0 Å². The molecule has 0 spiro atoms. The van der Waals surface area contributed by atoms with Crippen molar-refractivity contribution in [2.45, 2.75) is 45.1 Å². The van der Waals surface area contributed by atoms with Gasteiger partial charge in [0, 0.05) is 32.2 Å². The Hall–Kier alpha value is -1.08. The molecule has 1 fully saturated rings. The highest BCUT2D eigenvalue weighted by molar-refractivity contribution is 5.20. The smallest absolute Gasteiger partial charge is 0.159 e. The van der Waals surface area contributed by atoms with Crippen molar-refractivity contribution in [2.75, 3.05) is 33.2 Å². The maximum Gasteiger partial charge on any atom is 0.159 e. The Morgan fingerprint density at radius 1 is 1.25 bits per heavy atom. The number of β-amino-alcohol motifs (C(OH)–C–C–N with tert-alkyl or cyclic N) is 1. The number of likely N-dealkylation sites (N-methyl/N-ethyl adjacent to an activating group) is 1. The molecule has 4 nitrogen and oxygen atoms in total. The van der Waals surface area contributed by atoms with Crippen LogP contribution in [0.25, 0.3) is 0 Å². The Kier molecular flexibility index (Phi) is 6.69. The first-order valence-corrected chi connectivity index (χ1v) is 8.47. The van der Waals surface area contributed by atoms with E-state index in [2.05, 4.69) is 4.90 Å². The van der Waals surface area contributed by atoms with Gasteiger partial charge in [0.1, 0.15) is 0 Å². The van der Waals surface area contributed by atoms with Crippen LogP contribution in [0.2, 0.25) is 0 Å². The van der Waals surface area contributed by atoms with Crippen LogP contribution < -0.4 is 0 Å². The third-order valence-corrected chi connectivity index (χ3v) is 4.55. The summed E-state index contributed by atoms with van der Waals surface area (Å²) in [7, 11) is 1.87. The molecule has 0 aromatic heterocycles. The molecule has 0 aliphatic carbocycles. The minimum Gasteiger partial charge on any atom is -0.390 e. The first kappa shape index (κ1) is 19.2. The number of morpholine rings is 1. The average molecular weight is 342 g/mol. The number of aliphatic hydroxyl groups excluding tert-OH is 1. The number of halogens is 2. The summed E-state index contributed by atoms with van der Waals surface area (Å²) in [6, 6.07) is 3.82. The van der Waals surface area contributed by atoms with Crippen LogP contribution in [0.4, 0.5) is 8.78 Å². The number of hydrogen-bond acceptors (Lipinski definition) is 4. The van der Waals surface area contributed by atoms with Crippen molar-refractivity contribution in [2.24, 2.45) is 0 Å². The molecular weight excluding hydrogens is 314 g/mol. The summed E-state index contributed by atoms with van der Waals surface area (Å²) in [6.07, 6.45) is -0.181. The molecule has 4 unspecified atom stereocenters. The maximum absolute atomic E-state index is 13.4. The molecule has 6 heteroatoms. The van der Waals surface area contributed by atoms with Gasteiger partial charge < -0.3 is 9.84 Å². The lowest BCUT2D eigenvalue weighted by Crippen LogP contribution is -2.49. The van der Waals surface area contributed by atoms with E-state index >= 15 is 0 Å². The van der Waals surface area contributed by atoms with E-state index in [1.807, 2.05) is 32.7 Å². The van der Waals surface area contributed by atoms with Crippen molar-refractivity contribution >= 4 is 0 Å². The van der Waals surface area contributed by atoms with Crippen LogP contribution in [-0.2, 0) is 4.74 Å². The van der Waals surface area contributed by atoms with Crippen molar-refractivity contribution in [3.8, 4) is 0 Å². The van der Waals surface area contributed by atoms with Gasteiger partial charge in [-0.1, -0.05) is 6.07 Å². The second kappa shape index (κ2) is 8.34. The number of aliphatic hydroxyl groups is 1. The van der Waals surface area contributed by atoms with Crippen LogP contribution in [0.1, 0.15) is 32.4 Å². The molecule has 1 saturated heterocycles. The van der Waals surface area contributed by atoms with Crippen molar-refractivity contribution in [3.05, 3.63) is 35.4 Å². The van der Waals surface area contributed by atoms with Crippen LogP contribution in [0.15, 0.2) is 18.2 Å². The fourth-order valence-electron chi connectivity index (χ4n) is 3.31. The van der Waals surface area contributed by atoms with Gasteiger partial charge in [-0.05, 0) is 45.5 Å². The van der Waals surface area contributed by atoms with Gasteiger partial charge in [-0.25, -0.2) is 8.78 Å². The minimum absolute atomic E-state index is 0.114. The molecule has 1 aliphatic heterocycles. The number of benzene rings is 1. The summed E-state index contributed by atoms with van der Waals surface area (Å²) in [4.78, 5) is 4.16. The number of ether oxygens (including phenoxy) is 1.